The summed E-state index contributed by atoms with van der Waals surface area (Å²) in [7, 11) is 1.16. The molecule has 0 saturated carbocycles. The first-order chi connectivity index (χ1) is 36.5. The molecule has 0 rings (SSSR count). The standard InChI is InChI=1S/C65H116NO8P/c1-6-8-10-12-14-16-18-20-22-24-26-27-28-29-30-31-32-33-34-35-36-37-38-39-40-42-44-46-48-50-52-54-56-58-65(68)74-63(62-73-75(69,70)72-60-59-66(3,4)5)61-71-64(67)57-55-53-51-49-47-45-43-41-25-23-21-19-17-15-13-11-9-7-2/h8,10,14,16-17,19-20,22-23,25-27,29-30,63H,6-7,9,11-13,15,18,21,24,28,31-62H2,1-5H3/b10-8-,16-14-,19-17-,22-20-,25-23-,27-26-,30-29-. The smallest absolute Gasteiger partial charge is 0.306 e. The summed E-state index contributed by atoms with van der Waals surface area (Å²) < 4.78 is 34.2. The molecular weight excluding hydrogens is 954 g/mol. The molecule has 434 valence electrons. The quantitative estimate of drug-likeness (QED) is 0.0195. The lowest BCUT2D eigenvalue weighted by atomic mass is 10.0. The number of rotatable bonds is 56. The second kappa shape index (κ2) is 55.9. The Balaban J connectivity index is 4.07. The van der Waals surface area contributed by atoms with Gasteiger partial charge in [-0.15, -0.1) is 0 Å². The van der Waals surface area contributed by atoms with Crippen LogP contribution in [0.5, 0.6) is 0 Å². The third kappa shape index (κ3) is 60.3. The molecule has 75 heavy (non-hydrogen) atoms. The highest BCUT2D eigenvalue weighted by molar-refractivity contribution is 7.45. The maximum Gasteiger partial charge on any atom is 0.306 e. The molecule has 0 spiro atoms. The molecule has 0 bridgehead atoms. The van der Waals surface area contributed by atoms with Crippen LogP contribution in [0.25, 0.3) is 0 Å². The second-order valence-electron chi connectivity index (χ2n) is 21.7. The SMILES string of the molecule is CC/C=C\C/C=C\C/C=C\C/C=C\C/C=C\CCCCCCCCCCCCCCCCCCCC(=O)OC(COC(=O)CCCCCCCCC/C=C\C/C=C\CCCCCC)COP(=O)([O-])OCC[N+](C)(C)C. The van der Waals surface area contributed by atoms with Crippen LogP contribution in [-0.2, 0) is 32.7 Å². The van der Waals surface area contributed by atoms with Gasteiger partial charge < -0.3 is 27.9 Å². The number of allylic oxidation sites excluding steroid dienone is 14. The van der Waals surface area contributed by atoms with Crippen molar-refractivity contribution in [3.63, 3.8) is 0 Å². The molecule has 2 atom stereocenters. The summed E-state index contributed by atoms with van der Waals surface area (Å²) in [6.07, 6.45) is 74.9. The van der Waals surface area contributed by atoms with Crippen LogP contribution in [-0.4, -0.2) is 70.0 Å². The average molecular weight is 1070 g/mol. The number of quaternary nitrogens is 1. The van der Waals surface area contributed by atoms with Crippen LogP contribution in [0.1, 0.15) is 264 Å². The molecule has 0 aliphatic carbocycles. The summed E-state index contributed by atoms with van der Waals surface area (Å²) >= 11 is 0. The number of phosphoric ester groups is 1. The van der Waals surface area contributed by atoms with Crippen molar-refractivity contribution in [3.8, 4) is 0 Å². The molecule has 0 N–H and O–H groups in total. The second-order valence-corrected chi connectivity index (χ2v) is 23.1. The summed E-state index contributed by atoms with van der Waals surface area (Å²) in [5.74, 6) is -0.837. The zero-order valence-electron chi connectivity index (χ0n) is 49.2. The highest BCUT2D eigenvalue weighted by atomic mass is 31.2. The van der Waals surface area contributed by atoms with Crippen molar-refractivity contribution >= 4 is 19.8 Å². The van der Waals surface area contributed by atoms with Gasteiger partial charge in [0.1, 0.15) is 19.8 Å². The zero-order chi connectivity index (χ0) is 54.9. The number of hydrogen-bond acceptors (Lipinski definition) is 8. The molecule has 0 saturated heterocycles. The van der Waals surface area contributed by atoms with E-state index >= 15 is 0 Å². The highest BCUT2D eigenvalue weighted by Gasteiger charge is 2.22. The van der Waals surface area contributed by atoms with Crippen LogP contribution in [0.4, 0.5) is 0 Å². The molecule has 0 heterocycles. The molecule has 0 fully saturated rings. The fourth-order valence-corrected chi connectivity index (χ4v) is 9.15. The Kier molecular flexibility index (Phi) is 53.8. The summed E-state index contributed by atoms with van der Waals surface area (Å²) in [6, 6.07) is 0. The van der Waals surface area contributed by atoms with E-state index in [2.05, 4.69) is 98.9 Å². The average Bonchev–Trinajstić information content (AvgIpc) is 3.37. The van der Waals surface area contributed by atoms with Gasteiger partial charge >= 0.3 is 11.9 Å². The Labute approximate surface area is 462 Å². The predicted octanol–water partition coefficient (Wildman–Crippen LogP) is 18.8. The number of nitrogens with zero attached hydrogens (tertiary/aromatic N) is 1. The zero-order valence-corrected chi connectivity index (χ0v) is 50.1. The van der Waals surface area contributed by atoms with Gasteiger partial charge in [0.15, 0.2) is 6.10 Å². The van der Waals surface area contributed by atoms with Gasteiger partial charge in [-0.2, -0.15) is 0 Å². The molecule has 2 unspecified atom stereocenters. The van der Waals surface area contributed by atoms with Gasteiger partial charge in [-0.1, -0.05) is 247 Å². The molecule has 0 aromatic rings. The van der Waals surface area contributed by atoms with Crippen molar-refractivity contribution in [3.05, 3.63) is 85.1 Å². The summed E-state index contributed by atoms with van der Waals surface area (Å²) in [5.41, 5.74) is 0. The van der Waals surface area contributed by atoms with Gasteiger partial charge in [-0.05, 0) is 89.9 Å². The topological polar surface area (TPSA) is 111 Å². The first-order valence-electron chi connectivity index (χ1n) is 30.8. The van der Waals surface area contributed by atoms with E-state index in [9.17, 15) is 19.0 Å². The third-order valence-electron chi connectivity index (χ3n) is 13.1. The van der Waals surface area contributed by atoms with Crippen molar-refractivity contribution in [2.45, 2.75) is 270 Å². The normalized spacial score (nSPS) is 13.8. The molecule has 0 aliphatic heterocycles. The van der Waals surface area contributed by atoms with Crippen molar-refractivity contribution in [2.75, 3.05) is 47.5 Å². The highest BCUT2D eigenvalue weighted by Crippen LogP contribution is 2.38. The molecule has 0 aliphatic rings. The largest absolute Gasteiger partial charge is 0.756 e. The molecule has 9 nitrogen and oxygen atoms in total. The number of carbonyl (C=O) groups excluding carboxylic acids is 2. The van der Waals surface area contributed by atoms with Gasteiger partial charge in [0.25, 0.3) is 7.82 Å². The van der Waals surface area contributed by atoms with Crippen LogP contribution < -0.4 is 4.89 Å². The molecule has 0 amide bonds. The summed E-state index contributed by atoms with van der Waals surface area (Å²) in [6.45, 7) is 4.12. The monoisotopic (exact) mass is 1070 g/mol. The Morgan fingerprint density at radius 3 is 1.13 bits per heavy atom. The number of ether oxygens (including phenoxy) is 2. The Morgan fingerprint density at radius 2 is 0.760 bits per heavy atom. The van der Waals surface area contributed by atoms with Gasteiger partial charge in [0, 0.05) is 12.8 Å². The summed E-state index contributed by atoms with van der Waals surface area (Å²) in [5, 5.41) is 0. The molecule has 0 radical (unpaired) electrons. The maximum atomic E-state index is 12.8. The van der Waals surface area contributed by atoms with Crippen LogP contribution in [0.3, 0.4) is 0 Å². The first kappa shape index (κ1) is 72.2. The van der Waals surface area contributed by atoms with Crippen molar-refractivity contribution in [1.29, 1.82) is 0 Å². The number of unbranched alkanes of at least 4 members (excludes halogenated alkanes) is 28. The minimum Gasteiger partial charge on any atom is -0.756 e. The van der Waals surface area contributed by atoms with E-state index in [0.717, 1.165) is 89.9 Å². The van der Waals surface area contributed by atoms with Crippen molar-refractivity contribution in [1.82, 2.24) is 0 Å². The van der Waals surface area contributed by atoms with E-state index in [4.69, 9.17) is 18.5 Å². The van der Waals surface area contributed by atoms with Gasteiger partial charge in [0.2, 0.25) is 0 Å². The van der Waals surface area contributed by atoms with E-state index in [1.807, 2.05) is 21.1 Å². The Bertz CT molecular complexity index is 1540. The lowest BCUT2D eigenvalue weighted by Gasteiger charge is -2.28. The van der Waals surface area contributed by atoms with Crippen molar-refractivity contribution < 1.29 is 42.1 Å². The van der Waals surface area contributed by atoms with E-state index in [1.165, 1.54) is 141 Å². The Hall–Kier alpha value is -2.81. The van der Waals surface area contributed by atoms with Crippen LogP contribution in [0.2, 0.25) is 0 Å². The van der Waals surface area contributed by atoms with Gasteiger partial charge in [-0.3, -0.25) is 14.2 Å². The minimum atomic E-state index is -4.64. The molecule has 0 aromatic heterocycles. The fourth-order valence-electron chi connectivity index (χ4n) is 8.42. The summed E-state index contributed by atoms with van der Waals surface area (Å²) in [4.78, 5) is 37.9. The van der Waals surface area contributed by atoms with E-state index in [1.54, 1.807) is 0 Å². The Morgan fingerprint density at radius 1 is 0.427 bits per heavy atom. The van der Waals surface area contributed by atoms with E-state index in [-0.39, 0.29) is 32.0 Å². The van der Waals surface area contributed by atoms with Gasteiger partial charge in [-0.25, -0.2) is 0 Å². The number of hydrogen-bond donors (Lipinski definition) is 0. The molecular formula is C65H116NO8P. The molecule has 10 heteroatoms. The lowest BCUT2D eigenvalue weighted by Crippen LogP contribution is -2.37. The van der Waals surface area contributed by atoms with E-state index in [0.29, 0.717) is 17.4 Å². The number of phosphoric acid groups is 1. The van der Waals surface area contributed by atoms with Crippen LogP contribution in [0.15, 0.2) is 85.1 Å². The van der Waals surface area contributed by atoms with Crippen LogP contribution >= 0.6 is 7.82 Å². The number of carbonyl (C=O) groups is 2. The lowest BCUT2D eigenvalue weighted by molar-refractivity contribution is -0.870. The van der Waals surface area contributed by atoms with E-state index < -0.39 is 26.5 Å². The van der Waals surface area contributed by atoms with Crippen molar-refractivity contribution in [2.24, 2.45) is 0 Å². The number of esters is 2. The van der Waals surface area contributed by atoms with Crippen LogP contribution in [0, 0.1) is 0 Å². The number of likely N-dealkylation sites (N-methyl/N-ethyl adjacent to an activating group) is 1. The van der Waals surface area contributed by atoms with Gasteiger partial charge in [0.05, 0.1) is 27.7 Å². The third-order valence-corrected chi connectivity index (χ3v) is 14.1. The predicted molar refractivity (Wildman–Crippen MR) is 319 cm³/mol. The fraction of sp³-hybridized carbons (Fsp3) is 0.754. The maximum absolute atomic E-state index is 12.8. The minimum absolute atomic E-state index is 0.0340. The molecule has 0 aromatic carbocycles. The first-order valence-corrected chi connectivity index (χ1v) is 32.3.